The van der Waals surface area contributed by atoms with Crippen molar-refractivity contribution in [2.45, 2.75) is 5.16 Å². The second kappa shape index (κ2) is 5.13. The SMILES string of the molecule is CS(=O)(=O)c1ncc2cc(C(=O)O)n(-c3ccc(F)cc3)c2n1. The summed E-state index contributed by atoms with van der Waals surface area (Å²) in [6.45, 7) is 0. The van der Waals surface area contributed by atoms with E-state index in [-0.39, 0.29) is 11.3 Å². The van der Waals surface area contributed by atoms with Gasteiger partial charge in [0.25, 0.3) is 0 Å². The first-order chi connectivity index (χ1) is 10.8. The van der Waals surface area contributed by atoms with Gasteiger partial charge in [-0.1, -0.05) is 0 Å². The minimum absolute atomic E-state index is 0.115. The molecular formula is C14H10FN3O4S. The lowest BCUT2D eigenvalue weighted by Gasteiger charge is -2.08. The molecule has 0 aliphatic rings. The first kappa shape index (κ1) is 15.1. The highest BCUT2D eigenvalue weighted by Gasteiger charge is 2.20. The summed E-state index contributed by atoms with van der Waals surface area (Å²) in [4.78, 5) is 19.1. The van der Waals surface area contributed by atoms with Crippen LogP contribution in [0.15, 0.2) is 41.7 Å². The van der Waals surface area contributed by atoms with Crippen molar-refractivity contribution in [3.8, 4) is 5.69 Å². The standard InChI is InChI=1S/C14H10FN3O4S/c1-23(21,22)14-16-7-8-6-11(13(19)20)18(12(8)17-14)10-4-2-9(15)3-5-10/h2-7H,1H3,(H,19,20). The number of carboxylic acids is 1. The van der Waals surface area contributed by atoms with E-state index in [1.165, 1.54) is 41.1 Å². The number of hydrogen-bond donors (Lipinski definition) is 1. The van der Waals surface area contributed by atoms with Crippen LogP contribution in [0.5, 0.6) is 0 Å². The Hall–Kier alpha value is -2.81. The molecule has 9 heteroatoms. The van der Waals surface area contributed by atoms with Crippen molar-refractivity contribution in [3.63, 3.8) is 0 Å². The number of hydrogen-bond acceptors (Lipinski definition) is 5. The zero-order valence-corrected chi connectivity index (χ0v) is 12.6. The van der Waals surface area contributed by atoms with Gasteiger partial charge in [0.05, 0.1) is 0 Å². The van der Waals surface area contributed by atoms with Crippen LogP contribution in [0.25, 0.3) is 16.7 Å². The third-order valence-corrected chi connectivity index (χ3v) is 4.01. The van der Waals surface area contributed by atoms with Crippen LogP contribution < -0.4 is 0 Å². The highest BCUT2D eigenvalue weighted by molar-refractivity contribution is 7.90. The Morgan fingerprint density at radius 2 is 1.91 bits per heavy atom. The van der Waals surface area contributed by atoms with E-state index in [1.54, 1.807) is 0 Å². The monoisotopic (exact) mass is 335 g/mol. The molecule has 0 atom stereocenters. The Balaban J connectivity index is 2.38. The van der Waals surface area contributed by atoms with Gasteiger partial charge in [0.1, 0.15) is 17.2 Å². The molecule has 0 bridgehead atoms. The summed E-state index contributed by atoms with van der Waals surface area (Å²) in [7, 11) is -3.65. The molecule has 0 aliphatic carbocycles. The maximum absolute atomic E-state index is 13.1. The summed E-state index contributed by atoms with van der Waals surface area (Å²) in [5.41, 5.74) is 0.327. The van der Waals surface area contributed by atoms with Crippen LogP contribution in [0.1, 0.15) is 10.5 Å². The molecule has 2 aromatic heterocycles. The first-order valence-corrected chi connectivity index (χ1v) is 8.24. The molecule has 1 N–H and O–H groups in total. The Bertz CT molecular complexity index is 1030. The molecule has 0 spiro atoms. The van der Waals surface area contributed by atoms with E-state index in [4.69, 9.17) is 0 Å². The smallest absolute Gasteiger partial charge is 0.352 e. The predicted octanol–water partition coefficient (Wildman–Crippen LogP) is 1.66. The van der Waals surface area contributed by atoms with Gasteiger partial charge in [0.15, 0.2) is 0 Å². The number of halogens is 1. The van der Waals surface area contributed by atoms with Crippen molar-refractivity contribution in [2.75, 3.05) is 6.26 Å². The minimum Gasteiger partial charge on any atom is -0.477 e. The zero-order chi connectivity index (χ0) is 16.8. The second-order valence-corrected chi connectivity index (χ2v) is 6.76. The average molecular weight is 335 g/mol. The zero-order valence-electron chi connectivity index (χ0n) is 11.8. The lowest BCUT2D eigenvalue weighted by molar-refractivity contribution is 0.0688. The molecule has 0 saturated carbocycles. The number of rotatable bonds is 3. The summed E-state index contributed by atoms with van der Waals surface area (Å²) in [6, 6.07) is 6.43. The number of carboxylic acid groups (broad SMARTS) is 1. The molecule has 0 amide bonds. The fourth-order valence-electron chi connectivity index (χ4n) is 2.16. The number of fused-ring (bicyclic) bond motifs is 1. The van der Waals surface area contributed by atoms with Crippen LogP contribution >= 0.6 is 0 Å². The molecule has 3 rings (SSSR count). The molecule has 2 heterocycles. The van der Waals surface area contributed by atoms with Crippen molar-refractivity contribution in [2.24, 2.45) is 0 Å². The molecule has 118 valence electrons. The Labute approximate surface area is 130 Å². The maximum atomic E-state index is 13.1. The third kappa shape index (κ3) is 2.66. The van der Waals surface area contributed by atoms with Crippen molar-refractivity contribution in [1.82, 2.24) is 14.5 Å². The predicted molar refractivity (Wildman–Crippen MR) is 78.9 cm³/mol. The van der Waals surface area contributed by atoms with E-state index in [0.717, 1.165) is 6.26 Å². The van der Waals surface area contributed by atoms with Gasteiger partial charge in [-0.2, -0.15) is 4.98 Å². The second-order valence-electron chi connectivity index (χ2n) is 4.85. The third-order valence-electron chi connectivity index (χ3n) is 3.15. The average Bonchev–Trinajstić information content (AvgIpc) is 2.86. The maximum Gasteiger partial charge on any atom is 0.352 e. The highest BCUT2D eigenvalue weighted by Crippen LogP contribution is 2.24. The van der Waals surface area contributed by atoms with Gasteiger partial charge in [-0.25, -0.2) is 22.6 Å². The number of carbonyl (C=O) groups is 1. The number of nitrogens with zero attached hydrogens (tertiary/aromatic N) is 3. The van der Waals surface area contributed by atoms with E-state index in [2.05, 4.69) is 9.97 Å². The van der Waals surface area contributed by atoms with Crippen molar-refractivity contribution < 1.29 is 22.7 Å². The Kier molecular flexibility index (Phi) is 3.37. The number of aromatic carboxylic acids is 1. The number of aromatic nitrogens is 3. The quantitative estimate of drug-likeness (QED) is 0.730. The van der Waals surface area contributed by atoms with E-state index in [1.807, 2.05) is 0 Å². The van der Waals surface area contributed by atoms with Crippen LogP contribution in [0.4, 0.5) is 4.39 Å². The molecule has 0 saturated heterocycles. The van der Waals surface area contributed by atoms with Crippen molar-refractivity contribution in [3.05, 3.63) is 48.0 Å². The van der Waals surface area contributed by atoms with Gasteiger partial charge in [-0.3, -0.25) is 4.57 Å². The largest absolute Gasteiger partial charge is 0.477 e. The lowest BCUT2D eigenvalue weighted by Crippen LogP contribution is -2.09. The van der Waals surface area contributed by atoms with Gasteiger partial charge in [-0.05, 0) is 30.3 Å². The summed E-state index contributed by atoms with van der Waals surface area (Å²) in [6.07, 6.45) is 2.20. The molecule has 1 aromatic carbocycles. The fourth-order valence-corrected chi connectivity index (χ4v) is 2.66. The Morgan fingerprint density at radius 3 is 2.48 bits per heavy atom. The molecule has 3 aromatic rings. The van der Waals surface area contributed by atoms with Gasteiger partial charge < -0.3 is 5.11 Å². The summed E-state index contributed by atoms with van der Waals surface area (Å²) in [5, 5.41) is 9.30. The number of benzene rings is 1. The van der Waals surface area contributed by atoms with E-state index >= 15 is 0 Å². The number of sulfone groups is 1. The van der Waals surface area contributed by atoms with Gasteiger partial charge in [0, 0.05) is 23.5 Å². The van der Waals surface area contributed by atoms with Crippen LogP contribution in [0, 0.1) is 5.82 Å². The van der Waals surface area contributed by atoms with Crippen LogP contribution in [0.2, 0.25) is 0 Å². The molecule has 7 nitrogen and oxygen atoms in total. The molecule has 0 aliphatic heterocycles. The molecule has 0 unspecified atom stereocenters. The Morgan fingerprint density at radius 1 is 1.26 bits per heavy atom. The highest BCUT2D eigenvalue weighted by atomic mass is 32.2. The topological polar surface area (TPSA) is 102 Å². The van der Waals surface area contributed by atoms with E-state index in [9.17, 15) is 22.7 Å². The molecule has 0 radical (unpaired) electrons. The molecule has 23 heavy (non-hydrogen) atoms. The van der Waals surface area contributed by atoms with Gasteiger partial charge in [0.2, 0.25) is 15.0 Å². The van der Waals surface area contributed by atoms with Crippen molar-refractivity contribution >= 4 is 26.8 Å². The summed E-state index contributed by atoms with van der Waals surface area (Å²) >= 11 is 0. The van der Waals surface area contributed by atoms with Gasteiger partial charge in [-0.15, -0.1) is 0 Å². The van der Waals surface area contributed by atoms with E-state index < -0.39 is 26.8 Å². The normalized spacial score (nSPS) is 11.7. The van der Waals surface area contributed by atoms with Crippen LogP contribution in [-0.2, 0) is 9.84 Å². The van der Waals surface area contributed by atoms with E-state index in [0.29, 0.717) is 11.1 Å². The fraction of sp³-hybridized carbons (Fsp3) is 0.0714. The summed E-state index contributed by atoms with van der Waals surface area (Å²) < 4.78 is 37.6. The summed E-state index contributed by atoms with van der Waals surface area (Å²) in [5.74, 6) is -1.71. The van der Waals surface area contributed by atoms with Crippen LogP contribution in [0.3, 0.4) is 0 Å². The van der Waals surface area contributed by atoms with Crippen LogP contribution in [-0.4, -0.2) is 40.3 Å². The van der Waals surface area contributed by atoms with Crippen molar-refractivity contribution in [1.29, 1.82) is 0 Å². The first-order valence-electron chi connectivity index (χ1n) is 6.35. The lowest BCUT2D eigenvalue weighted by atomic mass is 10.3. The minimum atomic E-state index is -3.65. The molecular weight excluding hydrogens is 325 g/mol. The van der Waals surface area contributed by atoms with Gasteiger partial charge >= 0.3 is 5.97 Å². The molecule has 0 fully saturated rings.